The number of benzene rings is 1. The van der Waals surface area contributed by atoms with E-state index in [9.17, 15) is 14.9 Å². The summed E-state index contributed by atoms with van der Waals surface area (Å²) in [7, 11) is 0. The van der Waals surface area contributed by atoms with Crippen molar-refractivity contribution < 1.29 is 4.92 Å². The molecular weight excluding hydrogens is 346 g/mol. The zero-order chi connectivity index (χ0) is 19.0. The van der Waals surface area contributed by atoms with E-state index in [1.165, 1.54) is 25.0 Å². The quantitative estimate of drug-likeness (QED) is 0.550. The average Bonchev–Trinajstić information content (AvgIpc) is 3.29. The van der Waals surface area contributed by atoms with Crippen LogP contribution < -0.4 is 5.56 Å². The highest BCUT2D eigenvalue weighted by atomic mass is 16.6. The lowest BCUT2D eigenvalue weighted by molar-refractivity contribution is -0.384. The highest BCUT2D eigenvalue weighted by Gasteiger charge is 2.27. The van der Waals surface area contributed by atoms with Crippen LogP contribution >= 0.6 is 0 Å². The predicted octanol–water partition coefficient (Wildman–Crippen LogP) is 3.25. The van der Waals surface area contributed by atoms with E-state index < -0.39 is 4.92 Å². The molecule has 0 bridgehead atoms. The molecule has 1 aromatic carbocycles. The SMILES string of the molecule is CCc1[nH]n(C2CCCC2)c2nc(Cc3ccc([N+](=O)[O-])cc3)nc(=O)c1-2. The fourth-order valence-electron chi connectivity index (χ4n) is 3.84. The fraction of sp³-hybridized carbons (Fsp3) is 0.421. The van der Waals surface area contributed by atoms with Crippen molar-refractivity contribution in [3.63, 3.8) is 0 Å². The van der Waals surface area contributed by atoms with Gasteiger partial charge < -0.3 is 0 Å². The molecule has 0 unspecified atom stereocenters. The largest absolute Gasteiger partial charge is 0.300 e. The molecule has 8 nitrogen and oxygen atoms in total. The molecule has 2 heterocycles. The first-order valence-corrected chi connectivity index (χ1v) is 9.30. The number of nitro groups is 1. The molecule has 1 aliphatic carbocycles. The molecule has 1 saturated carbocycles. The lowest BCUT2D eigenvalue weighted by Gasteiger charge is -2.13. The molecule has 0 spiro atoms. The first kappa shape index (κ1) is 17.4. The number of fused-ring (bicyclic) bond motifs is 1. The number of nitrogens with one attached hydrogen (secondary N) is 1. The number of aryl methyl sites for hydroxylation is 1. The van der Waals surface area contributed by atoms with E-state index in [2.05, 4.69) is 15.1 Å². The molecule has 4 rings (SSSR count). The van der Waals surface area contributed by atoms with E-state index in [0.29, 0.717) is 29.7 Å². The van der Waals surface area contributed by atoms with Crippen molar-refractivity contribution in [1.82, 2.24) is 19.7 Å². The molecule has 3 aliphatic rings. The maximum atomic E-state index is 12.7. The Bertz CT molecular complexity index is 999. The Hall–Kier alpha value is -3.03. The van der Waals surface area contributed by atoms with Gasteiger partial charge in [0.05, 0.1) is 11.0 Å². The topological polar surface area (TPSA) is 107 Å². The van der Waals surface area contributed by atoms with Crippen molar-refractivity contribution in [2.24, 2.45) is 0 Å². The van der Waals surface area contributed by atoms with Gasteiger partial charge in [0.2, 0.25) is 0 Å². The molecule has 0 radical (unpaired) electrons. The Kier molecular flexibility index (Phi) is 4.47. The zero-order valence-electron chi connectivity index (χ0n) is 15.1. The summed E-state index contributed by atoms with van der Waals surface area (Å²) in [4.78, 5) is 31.9. The summed E-state index contributed by atoms with van der Waals surface area (Å²) in [6.07, 6.45) is 5.62. The third kappa shape index (κ3) is 3.22. The Morgan fingerprint density at radius 1 is 1.22 bits per heavy atom. The van der Waals surface area contributed by atoms with Crippen molar-refractivity contribution in [2.45, 2.75) is 51.5 Å². The highest BCUT2D eigenvalue weighted by molar-refractivity contribution is 5.59. The van der Waals surface area contributed by atoms with Crippen molar-refractivity contribution >= 4 is 5.69 Å². The van der Waals surface area contributed by atoms with Crippen LogP contribution in [-0.4, -0.2) is 24.7 Å². The maximum absolute atomic E-state index is 12.7. The number of nitrogens with zero attached hydrogens (tertiary/aromatic N) is 4. The van der Waals surface area contributed by atoms with Crippen LogP contribution in [0.15, 0.2) is 29.1 Å². The van der Waals surface area contributed by atoms with E-state index in [4.69, 9.17) is 0 Å². The van der Waals surface area contributed by atoms with Crippen molar-refractivity contribution in [3.8, 4) is 11.4 Å². The number of nitro benzene ring substituents is 1. The smallest absolute Gasteiger partial charge is 0.284 e. The van der Waals surface area contributed by atoms with Crippen molar-refractivity contribution in [1.29, 1.82) is 0 Å². The van der Waals surface area contributed by atoms with Crippen LogP contribution in [0, 0.1) is 10.1 Å². The van der Waals surface area contributed by atoms with Crippen molar-refractivity contribution in [2.75, 3.05) is 0 Å². The summed E-state index contributed by atoms with van der Waals surface area (Å²) in [5, 5.41) is 14.2. The Morgan fingerprint density at radius 3 is 2.56 bits per heavy atom. The molecule has 0 aromatic heterocycles. The van der Waals surface area contributed by atoms with Gasteiger partial charge in [-0.1, -0.05) is 31.9 Å². The molecule has 1 aromatic rings. The number of aromatic amines is 1. The fourth-order valence-corrected chi connectivity index (χ4v) is 3.84. The van der Waals surface area contributed by atoms with E-state index in [0.717, 1.165) is 30.5 Å². The maximum Gasteiger partial charge on any atom is 0.284 e. The molecule has 2 aliphatic heterocycles. The van der Waals surface area contributed by atoms with Crippen LogP contribution in [0.5, 0.6) is 0 Å². The van der Waals surface area contributed by atoms with E-state index in [1.54, 1.807) is 12.1 Å². The summed E-state index contributed by atoms with van der Waals surface area (Å²) in [5.41, 5.74) is 2.07. The third-order valence-electron chi connectivity index (χ3n) is 5.24. The highest BCUT2D eigenvalue weighted by Crippen LogP contribution is 2.33. The van der Waals surface area contributed by atoms with Gasteiger partial charge in [-0.2, -0.15) is 4.98 Å². The van der Waals surface area contributed by atoms with Gasteiger partial charge in [-0.3, -0.25) is 24.7 Å². The summed E-state index contributed by atoms with van der Waals surface area (Å²) in [5.74, 6) is 1.12. The second-order valence-electron chi connectivity index (χ2n) is 7.00. The molecule has 27 heavy (non-hydrogen) atoms. The number of rotatable bonds is 5. The van der Waals surface area contributed by atoms with Gasteiger partial charge in [-0.15, -0.1) is 0 Å². The van der Waals surface area contributed by atoms with Crippen LogP contribution in [0.3, 0.4) is 0 Å². The second-order valence-corrected chi connectivity index (χ2v) is 7.00. The molecular formula is C19H21N5O3. The van der Waals surface area contributed by atoms with Crippen LogP contribution in [0.25, 0.3) is 11.4 Å². The minimum atomic E-state index is -0.432. The molecule has 140 valence electrons. The Balaban J connectivity index is 1.73. The summed E-state index contributed by atoms with van der Waals surface area (Å²) >= 11 is 0. The molecule has 1 N–H and O–H groups in total. The lowest BCUT2D eigenvalue weighted by atomic mass is 10.1. The Morgan fingerprint density at radius 2 is 1.93 bits per heavy atom. The zero-order valence-corrected chi connectivity index (χ0v) is 15.1. The minimum Gasteiger partial charge on any atom is -0.300 e. The molecule has 1 fully saturated rings. The van der Waals surface area contributed by atoms with Gasteiger partial charge in [0.1, 0.15) is 11.4 Å². The van der Waals surface area contributed by atoms with Crippen LogP contribution in [-0.2, 0) is 12.8 Å². The van der Waals surface area contributed by atoms with Gasteiger partial charge in [0.15, 0.2) is 5.82 Å². The van der Waals surface area contributed by atoms with Gasteiger partial charge in [-0.05, 0) is 24.8 Å². The van der Waals surface area contributed by atoms with Gasteiger partial charge in [0.25, 0.3) is 11.2 Å². The van der Waals surface area contributed by atoms with Gasteiger partial charge in [-0.25, -0.2) is 4.98 Å². The first-order valence-electron chi connectivity index (χ1n) is 9.30. The van der Waals surface area contributed by atoms with Crippen LogP contribution in [0.2, 0.25) is 0 Å². The Labute approximate surface area is 155 Å². The number of H-pyrrole nitrogens is 1. The average molecular weight is 367 g/mol. The summed E-state index contributed by atoms with van der Waals surface area (Å²) in [6.45, 7) is 2.01. The van der Waals surface area contributed by atoms with E-state index in [1.807, 2.05) is 11.6 Å². The normalized spacial score (nSPS) is 14.9. The van der Waals surface area contributed by atoms with Crippen molar-refractivity contribution in [3.05, 3.63) is 61.8 Å². The molecule has 0 amide bonds. The summed E-state index contributed by atoms with van der Waals surface area (Å²) in [6, 6.07) is 6.60. The van der Waals surface area contributed by atoms with Crippen LogP contribution in [0.4, 0.5) is 5.69 Å². The number of non-ortho nitro benzene ring substituents is 1. The van der Waals surface area contributed by atoms with Gasteiger partial charge >= 0.3 is 0 Å². The molecule has 0 atom stereocenters. The second kappa shape index (κ2) is 6.94. The number of hydrogen-bond donors (Lipinski definition) is 1. The number of aromatic nitrogens is 4. The van der Waals surface area contributed by atoms with Gasteiger partial charge in [0, 0.05) is 24.2 Å². The van der Waals surface area contributed by atoms with Crippen LogP contribution in [0.1, 0.15) is 55.7 Å². The number of hydrogen-bond acceptors (Lipinski definition) is 5. The predicted molar refractivity (Wildman–Crippen MR) is 100 cm³/mol. The lowest BCUT2D eigenvalue weighted by Crippen LogP contribution is -2.18. The first-order chi connectivity index (χ1) is 13.1. The molecule has 0 saturated heterocycles. The minimum absolute atomic E-state index is 0.0388. The monoisotopic (exact) mass is 367 g/mol. The van der Waals surface area contributed by atoms with E-state index >= 15 is 0 Å². The standard InChI is InChI=1S/C19H21N5O3/c1-2-15-17-18(23(22-15)13-5-3-4-6-13)20-16(21-19(17)25)11-12-7-9-14(10-8-12)24(26)27/h7-10,13,22H,2-6,11H2,1H3. The third-order valence-corrected chi connectivity index (χ3v) is 5.24. The summed E-state index contributed by atoms with van der Waals surface area (Å²) < 4.78 is 2.05. The molecule has 8 heteroatoms. The van der Waals surface area contributed by atoms with E-state index in [-0.39, 0.29) is 11.2 Å².